The molecule has 4 heteroatoms. The molecule has 1 aromatic carbocycles. The highest BCUT2D eigenvalue weighted by atomic mass is 16.5. The van der Waals surface area contributed by atoms with E-state index in [2.05, 4.69) is 6.58 Å². The summed E-state index contributed by atoms with van der Waals surface area (Å²) in [7, 11) is 0. The molecule has 1 aliphatic rings. The van der Waals surface area contributed by atoms with Crippen molar-refractivity contribution in [1.82, 2.24) is 0 Å². The van der Waals surface area contributed by atoms with Crippen LogP contribution < -0.4 is 10.5 Å². The fourth-order valence-electron chi connectivity index (χ4n) is 1.49. The minimum absolute atomic E-state index is 0.309. The van der Waals surface area contributed by atoms with Crippen molar-refractivity contribution in [2.24, 2.45) is 11.7 Å². The lowest BCUT2D eigenvalue weighted by Crippen LogP contribution is -2.32. The molecule has 0 spiro atoms. The smallest absolute Gasteiger partial charge is 0.248 e. The Morgan fingerprint density at radius 2 is 2.06 bits per heavy atom. The van der Waals surface area contributed by atoms with E-state index in [0.29, 0.717) is 18.1 Å². The highest BCUT2D eigenvalue weighted by Gasteiger charge is 2.18. The monoisotopic (exact) mass is 233 g/mol. The van der Waals surface area contributed by atoms with Gasteiger partial charge >= 0.3 is 0 Å². The first-order chi connectivity index (χ1) is 8.16. The number of benzene rings is 1. The predicted molar refractivity (Wildman–Crippen MR) is 64.5 cm³/mol. The Morgan fingerprint density at radius 3 is 2.53 bits per heavy atom. The highest BCUT2D eigenvalue weighted by Crippen LogP contribution is 2.19. The summed E-state index contributed by atoms with van der Waals surface area (Å²) in [6.45, 7) is 5.83. The minimum Gasteiger partial charge on any atom is -0.493 e. The molecule has 1 fully saturated rings. The van der Waals surface area contributed by atoms with Crippen molar-refractivity contribution in [3.63, 3.8) is 0 Å². The van der Waals surface area contributed by atoms with Crippen molar-refractivity contribution in [2.45, 2.75) is 0 Å². The number of primary amides is 1. The fourth-order valence-corrected chi connectivity index (χ4v) is 1.49. The van der Waals surface area contributed by atoms with Crippen molar-refractivity contribution in [2.75, 3.05) is 19.8 Å². The summed E-state index contributed by atoms with van der Waals surface area (Å²) < 4.78 is 10.6. The average Bonchev–Trinajstić information content (AvgIpc) is 2.27. The molecular formula is C13H15NO3. The number of carbonyl (C=O) groups is 1. The quantitative estimate of drug-likeness (QED) is 0.777. The molecule has 0 saturated carbocycles. The third-order valence-corrected chi connectivity index (χ3v) is 2.69. The maximum Gasteiger partial charge on any atom is 0.248 e. The van der Waals surface area contributed by atoms with Gasteiger partial charge in [-0.25, -0.2) is 0 Å². The molecular weight excluding hydrogens is 218 g/mol. The van der Waals surface area contributed by atoms with Gasteiger partial charge in [-0.3, -0.25) is 4.79 Å². The SMILES string of the molecule is C=C(C(N)=O)c1ccc(OCC2COC2)cc1. The first-order valence-corrected chi connectivity index (χ1v) is 5.46. The number of carbonyl (C=O) groups excluding carboxylic acids is 1. The van der Waals surface area contributed by atoms with Crippen LogP contribution in [0.4, 0.5) is 0 Å². The molecule has 0 bridgehead atoms. The molecule has 1 saturated heterocycles. The van der Waals surface area contributed by atoms with Gasteiger partial charge in [-0.05, 0) is 17.7 Å². The Balaban J connectivity index is 1.92. The minimum atomic E-state index is -0.509. The van der Waals surface area contributed by atoms with Crippen molar-refractivity contribution in [3.05, 3.63) is 36.4 Å². The van der Waals surface area contributed by atoms with E-state index in [4.69, 9.17) is 15.2 Å². The number of amides is 1. The zero-order chi connectivity index (χ0) is 12.3. The molecule has 1 aliphatic heterocycles. The Bertz CT molecular complexity index is 421. The average molecular weight is 233 g/mol. The number of hydrogen-bond donors (Lipinski definition) is 1. The summed E-state index contributed by atoms with van der Waals surface area (Å²) in [5.41, 5.74) is 6.17. The third kappa shape index (κ3) is 2.85. The van der Waals surface area contributed by atoms with Crippen LogP contribution in [-0.4, -0.2) is 25.7 Å². The van der Waals surface area contributed by atoms with Crippen LogP contribution in [0.5, 0.6) is 5.75 Å². The number of rotatable bonds is 5. The van der Waals surface area contributed by atoms with Crippen molar-refractivity contribution < 1.29 is 14.3 Å². The lowest BCUT2D eigenvalue weighted by molar-refractivity contribution is -0.112. The predicted octanol–water partition coefficient (Wildman–Crippen LogP) is 1.21. The third-order valence-electron chi connectivity index (χ3n) is 2.69. The van der Waals surface area contributed by atoms with Crippen LogP contribution in [0.15, 0.2) is 30.8 Å². The molecule has 90 valence electrons. The standard InChI is InChI=1S/C13H15NO3/c1-9(13(14)15)11-2-4-12(5-3-11)17-8-10-6-16-7-10/h2-5,10H,1,6-8H2,(H2,14,15). The van der Waals surface area contributed by atoms with Crippen LogP contribution in [-0.2, 0) is 9.53 Å². The molecule has 2 N–H and O–H groups in total. The lowest BCUT2D eigenvalue weighted by atomic mass is 10.1. The van der Waals surface area contributed by atoms with Gasteiger partial charge in [0.2, 0.25) is 5.91 Å². The van der Waals surface area contributed by atoms with Gasteiger partial charge in [-0.1, -0.05) is 18.7 Å². The van der Waals surface area contributed by atoms with Crippen molar-refractivity contribution in [3.8, 4) is 5.75 Å². The molecule has 0 aliphatic carbocycles. The van der Waals surface area contributed by atoms with E-state index in [-0.39, 0.29) is 0 Å². The fraction of sp³-hybridized carbons (Fsp3) is 0.308. The summed E-state index contributed by atoms with van der Waals surface area (Å²) >= 11 is 0. The molecule has 1 heterocycles. The van der Waals surface area contributed by atoms with Gasteiger partial charge in [0.25, 0.3) is 0 Å². The molecule has 1 aromatic rings. The van der Waals surface area contributed by atoms with E-state index in [1.165, 1.54) is 0 Å². The molecule has 0 aromatic heterocycles. The van der Waals surface area contributed by atoms with Crippen molar-refractivity contribution >= 4 is 11.5 Å². The summed E-state index contributed by atoms with van der Waals surface area (Å²) in [6, 6.07) is 7.17. The maximum atomic E-state index is 10.9. The molecule has 0 unspecified atom stereocenters. The summed E-state index contributed by atoms with van der Waals surface area (Å²) in [5.74, 6) is 0.762. The second kappa shape index (κ2) is 5.01. The van der Waals surface area contributed by atoms with E-state index >= 15 is 0 Å². The second-order valence-corrected chi connectivity index (χ2v) is 4.08. The van der Waals surface area contributed by atoms with E-state index in [9.17, 15) is 4.79 Å². The first-order valence-electron chi connectivity index (χ1n) is 5.46. The molecule has 4 nitrogen and oxygen atoms in total. The van der Waals surface area contributed by atoms with Crippen LogP contribution in [0.3, 0.4) is 0 Å². The molecule has 2 rings (SSSR count). The van der Waals surface area contributed by atoms with Gasteiger partial charge in [0.05, 0.1) is 19.8 Å². The zero-order valence-corrected chi connectivity index (χ0v) is 9.52. The van der Waals surface area contributed by atoms with Crippen LogP contribution in [0, 0.1) is 5.92 Å². The van der Waals surface area contributed by atoms with Gasteiger partial charge in [0, 0.05) is 11.5 Å². The topological polar surface area (TPSA) is 61.6 Å². The van der Waals surface area contributed by atoms with Gasteiger partial charge in [-0.2, -0.15) is 0 Å². The van der Waals surface area contributed by atoms with E-state index in [1.54, 1.807) is 12.1 Å². The molecule has 17 heavy (non-hydrogen) atoms. The Hall–Kier alpha value is -1.81. The number of hydrogen-bond acceptors (Lipinski definition) is 3. The normalized spacial score (nSPS) is 15.1. The van der Waals surface area contributed by atoms with Crippen LogP contribution in [0.1, 0.15) is 5.56 Å². The highest BCUT2D eigenvalue weighted by molar-refractivity contribution is 6.17. The van der Waals surface area contributed by atoms with E-state index in [1.807, 2.05) is 12.1 Å². The molecule has 0 atom stereocenters. The Kier molecular flexibility index (Phi) is 3.44. The lowest BCUT2D eigenvalue weighted by Gasteiger charge is -2.25. The van der Waals surface area contributed by atoms with Crippen LogP contribution in [0.2, 0.25) is 0 Å². The van der Waals surface area contributed by atoms with E-state index in [0.717, 1.165) is 24.5 Å². The van der Waals surface area contributed by atoms with Gasteiger partial charge in [0.1, 0.15) is 5.75 Å². The Morgan fingerprint density at radius 1 is 1.41 bits per heavy atom. The summed E-state index contributed by atoms with van der Waals surface area (Å²) in [6.07, 6.45) is 0. The van der Waals surface area contributed by atoms with Gasteiger partial charge < -0.3 is 15.2 Å². The van der Waals surface area contributed by atoms with E-state index < -0.39 is 5.91 Å². The maximum absolute atomic E-state index is 10.9. The molecule has 0 radical (unpaired) electrons. The first kappa shape index (κ1) is 11.7. The second-order valence-electron chi connectivity index (χ2n) is 4.08. The largest absolute Gasteiger partial charge is 0.493 e. The molecule has 1 amide bonds. The summed E-state index contributed by atoms with van der Waals surface area (Å²) in [5, 5.41) is 0. The Labute approximate surface area is 100 Å². The zero-order valence-electron chi connectivity index (χ0n) is 9.52. The van der Waals surface area contributed by atoms with Crippen molar-refractivity contribution in [1.29, 1.82) is 0 Å². The summed E-state index contributed by atoms with van der Waals surface area (Å²) in [4.78, 5) is 10.9. The van der Waals surface area contributed by atoms with Gasteiger partial charge in [0.15, 0.2) is 0 Å². The van der Waals surface area contributed by atoms with Gasteiger partial charge in [-0.15, -0.1) is 0 Å². The van der Waals surface area contributed by atoms with Crippen LogP contribution >= 0.6 is 0 Å². The number of ether oxygens (including phenoxy) is 2. The number of nitrogens with two attached hydrogens (primary N) is 1. The van der Waals surface area contributed by atoms with Crippen LogP contribution in [0.25, 0.3) is 5.57 Å².